The molecule has 0 fully saturated rings. The van der Waals surface area contributed by atoms with Crippen LogP contribution in [-0.4, -0.2) is 0 Å². The van der Waals surface area contributed by atoms with Crippen molar-refractivity contribution in [3.63, 3.8) is 0 Å². The third-order valence-electron chi connectivity index (χ3n) is 6.89. The molecule has 1 heterocycles. The Bertz CT molecular complexity index is 1560. The van der Waals surface area contributed by atoms with E-state index in [1.807, 2.05) is 39.0 Å². The number of hydrogen-bond acceptors (Lipinski definition) is 4. The van der Waals surface area contributed by atoms with Crippen LogP contribution in [-0.2, 0) is 6.42 Å². The highest BCUT2D eigenvalue weighted by Crippen LogP contribution is 2.33. The van der Waals surface area contributed by atoms with Crippen molar-refractivity contribution >= 4 is 33.7 Å². The fourth-order valence-electron chi connectivity index (χ4n) is 4.06. The fraction of sp³-hybridized carbons (Fsp3) is 0.231. The Kier molecular flexibility index (Phi) is 14.4. The van der Waals surface area contributed by atoms with Crippen LogP contribution in [0, 0.1) is 24.1 Å². The second kappa shape index (κ2) is 16.9. The average Bonchev–Trinajstić information content (AvgIpc) is 3.46. The molecule has 4 N–H and O–H groups in total. The largest absolute Gasteiger partial charge is 0.398 e. The smallest absolute Gasteiger partial charge is 0.133 e. The van der Waals surface area contributed by atoms with E-state index in [4.69, 9.17) is 5.73 Å². The van der Waals surface area contributed by atoms with Crippen LogP contribution in [0.15, 0.2) is 116 Å². The van der Waals surface area contributed by atoms with Crippen LogP contribution in [0.4, 0.5) is 10.1 Å². The van der Waals surface area contributed by atoms with Gasteiger partial charge in [0.1, 0.15) is 5.82 Å². The lowest BCUT2D eigenvalue weighted by Gasteiger charge is -2.24. The summed E-state index contributed by atoms with van der Waals surface area (Å²) in [6, 6.07) is 7.36. The number of allylic oxidation sites excluding steroid dienone is 12. The second-order valence-electron chi connectivity index (χ2n) is 11.3. The molecule has 2 rings (SSSR count). The first-order valence-corrected chi connectivity index (χ1v) is 15.0. The molecule has 0 amide bonds. The Morgan fingerprint density at radius 1 is 1.02 bits per heavy atom. The summed E-state index contributed by atoms with van der Waals surface area (Å²) in [4.78, 5) is 2.28. The molecule has 0 aliphatic heterocycles. The molecule has 2 aromatic rings. The van der Waals surface area contributed by atoms with Gasteiger partial charge in [0.2, 0.25) is 0 Å². The summed E-state index contributed by atoms with van der Waals surface area (Å²) < 4.78 is 15.2. The summed E-state index contributed by atoms with van der Waals surface area (Å²) in [5.41, 5.74) is 14.9. The highest BCUT2D eigenvalue weighted by molar-refractivity contribution is 7.14. The molecule has 3 nitrogen and oxygen atoms in total. The maximum Gasteiger partial charge on any atom is 0.133 e. The molecule has 0 bridgehead atoms. The molecular formula is C39H48FN3S. The van der Waals surface area contributed by atoms with Crippen LogP contribution in [0.5, 0.6) is 0 Å². The van der Waals surface area contributed by atoms with Crippen LogP contribution < -0.4 is 16.4 Å². The molecule has 0 atom stereocenters. The van der Waals surface area contributed by atoms with Gasteiger partial charge in [-0.1, -0.05) is 71.9 Å². The minimum absolute atomic E-state index is 0.143. The van der Waals surface area contributed by atoms with Crippen molar-refractivity contribution in [2.24, 2.45) is 5.41 Å². The fourth-order valence-corrected chi connectivity index (χ4v) is 5.07. The Morgan fingerprint density at radius 3 is 2.14 bits per heavy atom. The van der Waals surface area contributed by atoms with Gasteiger partial charge in [0.25, 0.3) is 0 Å². The first-order chi connectivity index (χ1) is 20.6. The normalized spacial score (nSPS) is 12.7. The number of halogens is 1. The van der Waals surface area contributed by atoms with E-state index in [9.17, 15) is 0 Å². The maximum atomic E-state index is 15.2. The molecule has 44 heavy (non-hydrogen) atoms. The molecule has 0 unspecified atom stereocenters. The van der Waals surface area contributed by atoms with Gasteiger partial charge in [0.15, 0.2) is 0 Å². The minimum atomic E-state index is -0.395. The van der Waals surface area contributed by atoms with Crippen LogP contribution in [0.25, 0.3) is 16.7 Å². The zero-order chi connectivity index (χ0) is 33.8. The van der Waals surface area contributed by atoms with E-state index in [-0.39, 0.29) is 5.41 Å². The zero-order valence-electron chi connectivity index (χ0n) is 27.5. The molecular weight excluding hydrogens is 562 g/mol. The molecule has 1 aromatic heterocycles. The number of nitrogens with one attached hydrogen (secondary N) is 2. The third-order valence-corrected chi connectivity index (χ3v) is 8.17. The zero-order valence-corrected chi connectivity index (χ0v) is 28.3. The van der Waals surface area contributed by atoms with Crippen molar-refractivity contribution in [2.75, 3.05) is 5.73 Å². The predicted molar refractivity (Wildman–Crippen MR) is 196 cm³/mol. The molecule has 0 aliphatic rings. The summed E-state index contributed by atoms with van der Waals surface area (Å²) in [5, 5.41) is 6.74. The number of thiophene rings is 1. The molecule has 232 valence electrons. The lowest BCUT2D eigenvalue weighted by molar-refractivity contribution is 0.478. The number of nitrogen functional groups attached to an aromatic ring is 1. The van der Waals surface area contributed by atoms with E-state index in [0.29, 0.717) is 23.2 Å². The topological polar surface area (TPSA) is 50.1 Å². The molecule has 0 aliphatic carbocycles. The van der Waals surface area contributed by atoms with Gasteiger partial charge < -0.3 is 16.4 Å². The van der Waals surface area contributed by atoms with E-state index in [1.165, 1.54) is 6.07 Å². The highest BCUT2D eigenvalue weighted by Gasteiger charge is 2.17. The number of hydrogen-bond donors (Lipinski definition) is 3. The second-order valence-corrected chi connectivity index (χ2v) is 12.4. The van der Waals surface area contributed by atoms with Crippen LogP contribution >= 0.6 is 11.3 Å². The Labute approximate surface area is 269 Å². The van der Waals surface area contributed by atoms with E-state index in [1.54, 1.807) is 29.6 Å². The number of rotatable bonds is 13. The Morgan fingerprint density at radius 2 is 1.64 bits per heavy atom. The van der Waals surface area contributed by atoms with Gasteiger partial charge in [-0.2, -0.15) is 0 Å². The van der Waals surface area contributed by atoms with Gasteiger partial charge in [0, 0.05) is 55.6 Å². The SMILES string of the molecule is C#C.C=C/C=C(\C(C)=C(/C)NC(=C)Cc1cc(C(/C=C(\C=C)NC(=C)C(C)(C)C)=C/C)c(F)cc1N)c1ccc(C(=C)C)s1. The van der Waals surface area contributed by atoms with Gasteiger partial charge in [-0.3, -0.25) is 0 Å². The number of terminal acetylenes is 1. The van der Waals surface area contributed by atoms with E-state index in [2.05, 4.69) is 96.2 Å². The molecule has 0 saturated heterocycles. The molecule has 0 spiro atoms. The van der Waals surface area contributed by atoms with E-state index in [0.717, 1.165) is 54.8 Å². The van der Waals surface area contributed by atoms with Gasteiger partial charge >= 0.3 is 0 Å². The lowest BCUT2D eigenvalue weighted by Crippen LogP contribution is -2.22. The van der Waals surface area contributed by atoms with Crippen LogP contribution in [0.3, 0.4) is 0 Å². The van der Waals surface area contributed by atoms with Crippen molar-refractivity contribution in [2.45, 2.75) is 54.9 Å². The highest BCUT2D eigenvalue weighted by atomic mass is 32.1. The van der Waals surface area contributed by atoms with Gasteiger partial charge in [0.05, 0.1) is 0 Å². The molecule has 1 aromatic carbocycles. The van der Waals surface area contributed by atoms with E-state index < -0.39 is 5.82 Å². The van der Waals surface area contributed by atoms with Gasteiger partial charge in [-0.05, 0) is 92.0 Å². The first-order valence-electron chi connectivity index (χ1n) is 14.2. The van der Waals surface area contributed by atoms with Gasteiger partial charge in [-0.15, -0.1) is 24.2 Å². The first kappa shape index (κ1) is 37.5. The van der Waals surface area contributed by atoms with Crippen molar-refractivity contribution in [3.05, 3.63) is 143 Å². The average molecular weight is 610 g/mol. The van der Waals surface area contributed by atoms with Crippen molar-refractivity contribution < 1.29 is 4.39 Å². The summed E-state index contributed by atoms with van der Waals surface area (Å²) in [5.74, 6) is -0.395. The van der Waals surface area contributed by atoms with Crippen molar-refractivity contribution in [1.29, 1.82) is 0 Å². The van der Waals surface area contributed by atoms with E-state index >= 15 is 4.39 Å². The number of nitrogens with two attached hydrogens (primary N) is 1. The summed E-state index contributed by atoms with van der Waals surface area (Å²) in [6.45, 7) is 34.4. The standard InChI is InChI=1S/C37H46FN3S.C2H2/c1-13-16-31(36-18-17-35(42-36)23(4)5)25(7)26(8)40-24(6)19-29-21-32(33(38)22-34(29)39)28(14-2)20-30(15-3)41-27(9)37(10,11)12;1-2/h13-18,20-22,40-41H,1,3-4,6,9,19,39H2,2,5,7-8,10-12H3;1-2H/b26-25+,28-14+,30-20+,31-16+;. The van der Waals surface area contributed by atoms with Crippen molar-refractivity contribution in [1.82, 2.24) is 10.6 Å². The van der Waals surface area contributed by atoms with Crippen LogP contribution in [0.1, 0.15) is 69.3 Å². The van der Waals surface area contributed by atoms with Gasteiger partial charge in [-0.25, -0.2) is 4.39 Å². The number of benzene rings is 1. The molecule has 0 radical (unpaired) electrons. The monoisotopic (exact) mass is 609 g/mol. The Balaban J connectivity index is 0.00000474. The lowest BCUT2D eigenvalue weighted by atomic mass is 9.92. The third kappa shape index (κ3) is 10.3. The quantitative estimate of drug-likeness (QED) is 0.120. The molecule has 5 heteroatoms. The maximum absolute atomic E-state index is 15.2. The predicted octanol–water partition coefficient (Wildman–Crippen LogP) is 10.6. The minimum Gasteiger partial charge on any atom is -0.398 e. The van der Waals surface area contributed by atoms with Crippen LogP contribution in [0.2, 0.25) is 0 Å². The summed E-state index contributed by atoms with van der Waals surface area (Å²) >= 11 is 1.70. The molecule has 0 saturated carbocycles. The Hall–Kier alpha value is -4.53. The summed E-state index contributed by atoms with van der Waals surface area (Å²) in [6.07, 6.45) is 17.7. The number of anilines is 1. The van der Waals surface area contributed by atoms with Crippen molar-refractivity contribution in [3.8, 4) is 12.8 Å². The summed E-state index contributed by atoms with van der Waals surface area (Å²) in [7, 11) is 0.